The fourth-order valence-electron chi connectivity index (χ4n) is 3.49. The Morgan fingerprint density at radius 2 is 1.94 bits per heavy atom. The first-order valence-corrected chi connectivity index (χ1v) is 11.1. The summed E-state index contributed by atoms with van der Waals surface area (Å²) in [5, 5.41) is 2.44. The molecule has 0 spiro atoms. The number of nitrogens with zero attached hydrogens (tertiary/aromatic N) is 2. The third-order valence-electron chi connectivity index (χ3n) is 5.06. The van der Waals surface area contributed by atoms with Gasteiger partial charge in [0.15, 0.2) is 0 Å². The van der Waals surface area contributed by atoms with Gasteiger partial charge in [-0.3, -0.25) is 19.4 Å². The van der Waals surface area contributed by atoms with Gasteiger partial charge in [-0.15, -0.1) is 0 Å². The van der Waals surface area contributed by atoms with E-state index in [1.54, 1.807) is 12.1 Å². The lowest BCUT2D eigenvalue weighted by molar-refractivity contribution is -0.145. The smallest absolute Gasteiger partial charge is 0.313 e. The molecular weight excluding hydrogens is 422 g/mol. The lowest BCUT2D eigenvalue weighted by Crippen LogP contribution is -2.44. The molecular formula is C20H23N5O5S. The van der Waals surface area contributed by atoms with Crippen molar-refractivity contribution in [1.29, 1.82) is 0 Å². The van der Waals surface area contributed by atoms with Gasteiger partial charge in [0.05, 0.1) is 28.4 Å². The number of amides is 3. The zero-order valence-electron chi connectivity index (χ0n) is 16.9. The Morgan fingerprint density at radius 1 is 1.16 bits per heavy atom. The number of nitrogens with two attached hydrogens (primary N) is 1. The summed E-state index contributed by atoms with van der Waals surface area (Å²) in [6, 6.07) is 7.23. The number of primary amides is 1. The zero-order valence-corrected chi connectivity index (χ0v) is 17.7. The van der Waals surface area contributed by atoms with Crippen LogP contribution < -0.4 is 15.8 Å². The highest BCUT2D eigenvalue weighted by atomic mass is 32.2. The van der Waals surface area contributed by atoms with Gasteiger partial charge in [-0.1, -0.05) is 12.1 Å². The summed E-state index contributed by atoms with van der Waals surface area (Å²) in [6.45, 7) is 0.361. The quantitative estimate of drug-likeness (QED) is 0.579. The number of sulfonamides is 1. The lowest BCUT2D eigenvalue weighted by Gasteiger charge is -2.35. The van der Waals surface area contributed by atoms with Gasteiger partial charge in [0.25, 0.3) is 0 Å². The van der Waals surface area contributed by atoms with Gasteiger partial charge in [0.1, 0.15) is 0 Å². The molecule has 0 unspecified atom stereocenters. The molecule has 2 heterocycles. The molecule has 4 N–H and O–H groups in total. The summed E-state index contributed by atoms with van der Waals surface area (Å²) in [6.07, 6.45) is 4.72. The minimum Gasteiger partial charge on any atom is -0.366 e. The SMILES string of the molecule is CNS(=O)(=O)c1cccc([C@@H]2CCCCN2C(=O)C(=O)Nc2cncc(C(N)=O)c2)c1. The van der Waals surface area contributed by atoms with Crippen molar-refractivity contribution >= 4 is 33.4 Å². The van der Waals surface area contributed by atoms with Crippen LogP contribution >= 0.6 is 0 Å². The molecule has 1 atom stereocenters. The van der Waals surface area contributed by atoms with Crippen molar-refractivity contribution in [3.8, 4) is 0 Å². The van der Waals surface area contributed by atoms with Crippen LogP contribution in [0.3, 0.4) is 0 Å². The van der Waals surface area contributed by atoms with E-state index in [0.29, 0.717) is 18.5 Å². The van der Waals surface area contributed by atoms with Gasteiger partial charge in [-0.25, -0.2) is 13.1 Å². The topological polar surface area (TPSA) is 152 Å². The standard InChI is InChI=1S/C20H23N5O5S/c1-22-31(29,30)16-6-4-5-13(10-16)17-7-2-3-8-25(17)20(28)19(27)24-15-9-14(18(21)26)11-23-12-15/h4-6,9-12,17,22H,2-3,7-8H2,1H3,(H2,21,26)(H,24,27)/t17-/m0/s1. The highest BCUT2D eigenvalue weighted by Gasteiger charge is 2.32. The third-order valence-corrected chi connectivity index (χ3v) is 6.47. The number of nitrogens with one attached hydrogen (secondary N) is 2. The normalized spacial score (nSPS) is 16.5. The van der Waals surface area contributed by atoms with E-state index < -0.39 is 33.8 Å². The predicted octanol–water partition coefficient (Wildman–Crippen LogP) is 0.781. The number of benzene rings is 1. The number of anilines is 1. The first-order valence-electron chi connectivity index (χ1n) is 9.63. The molecule has 1 fully saturated rings. The lowest BCUT2D eigenvalue weighted by atomic mass is 9.95. The summed E-state index contributed by atoms with van der Waals surface area (Å²) >= 11 is 0. The Balaban J connectivity index is 1.82. The van der Waals surface area contributed by atoms with Crippen LogP contribution in [0.1, 0.15) is 41.2 Å². The number of rotatable bonds is 5. The number of pyridine rings is 1. The van der Waals surface area contributed by atoms with Gasteiger partial charge >= 0.3 is 11.8 Å². The van der Waals surface area contributed by atoms with E-state index in [2.05, 4.69) is 15.0 Å². The largest absolute Gasteiger partial charge is 0.366 e. The van der Waals surface area contributed by atoms with E-state index in [1.165, 1.54) is 42.5 Å². The molecule has 31 heavy (non-hydrogen) atoms. The maximum Gasteiger partial charge on any atom is 0.313 e. The molecule has 0 radical (unpaired) electrons. The molecule has 3 rings (SSSR count). The molecule has 0 bridgehead atoms. The van der Waals surface area contributed by atoms with Crippen molar-refractivity contribution in [3.63, 3.8) is 0 Å². The predicted molar refractivity (Wildman–Crippen MR) is 112 cm³/mol. The van der Waals surface area contributed by atoms with Crippen LogP contribution in [0, 0.1) is 0 Å². The van der Waals surface area contributed by atoms with E-state index >= 15 is 0 Å². The Hall–Kier alpha value is -3.31. The second kappa shape index (κ2) is 9.23. The van der Waals surface area contributed by atoms with Crippen LogP contribution in [-0.2, 0) is 19.6 Å². The summed E-state index contributed by atoms with van der Waals surface area (Å²) in [5.74, 6) is -2.34. The number of hydrogen-bond donors (Lipinski definition) is 3. The molecule has 1 aromatic carbocycles. The maximum atomic E-state index is 12.9. The first kappa shape index (κ1) is 22.4. The molecule has 3 amide bonds. The van der Waals surface area contributed by atoms with Gasteiger partial charge < -0.3 is 16.0 Å². The second-order valence-corrected chi connectivity index (χ2v) is 8.96. The average molecular weight is 446 g/mol. The van der Waals surface area contributed by atoms with Crippen LogP contribution in [0.15, 0.2) is 47.6 Å². The van der Waals surface area contributed by atoms with Gasteiger partial charge in [-0.2, -0.15) is 0 Å². The van der Waals surface area contributed by atoms with E-state index in [1.807, 2.05) is 0 Å². The van der Waals surface area contributed by atoms with E-state index in [0.717, 1.165) is 12.8 Å². The summed E-state index contributed by atoms with van der Waals surface area (Å²) in [7, 11) is -2.32. The van der Waals surface area contributed by atoms with E-state index in [-0.39, 0.29) is 16.1 Å². The Morgan fingerprint density at radius 3 is 2.65 bits per heavy atom. The molecule has 10 nitrogen and oxygen atoms in total. The molecule has 2 aromatic rings. The van der Waals surface area contributed by atoms with Crippen molar-refractivity contribution in [2.75, 3.05) is 18.9 Å². The van der Waals surface area contributed by atoms with Crippen LogP contribution in [0.5, 0.6) is 0 Å². The highest BCUT2D eigenvalue weighted by Crippen LogP contribution is 2.32. The number of carbonyl (C=O) groups is 3. The molecule has 1 saturated heterocycles. The van der Waals surface area contributed by atoms with Crippen LogP contribution in [0.25, 0.3) is 0 Å². The van der Waals surface area contributed by atoms with Crippen molar-refractivity contribution < 1.29 is 22.8 Å². The fraction of sp³-hybridized carbons (Fsp3) is 0.300. The number of hydrogen-bond acceptors (Lipinski definition) is 6. The molecule has 1 aromatic heterocycles. The van der Waals surface area contributed by atoms with E-state index in [4.69, 9.17) is 5.73 Å². The van der Waals surface area contributed by atoms with Gasteiger partial charge in [-0.05, 0) is 50.1 Å². The minimum absolute atomic E-state index is 0.0873. The molecule has 0 aliphatic carbocycles. The van der Waals surface area contributed by atoms with Crippen molar-refractivity contribution in [2.24, 2.45) is 5.73 Å². The summed E-state index contributed by atoms with van der Waals surface area (Å²) in [5.41, 5.74) is 6.12. The number of aromatic nitrogens is 1. The fourth-order valence-corrected chi connectivity index (χ4v) is 4.27. The summed E-state index contributed by atoms with van der Waals surface area (Å²) in [4.78, 5) is 42.1. The second-order valence-electron chi connectivity index (χ2n) is 7.07. The monoisotopic (exact) mass is 445 g/mol. The maximum absolute atomic E-state index is 12.9. The molecule has 0 saturated carbocycles. The highest BCUT2D eigenvalue weighted by molar-refractivity contribution is 7.89. The summed E-state index contributed by atoms with van der Waals surface area (Å²) < 4.78 is 26.6. The Labute approximate surface area is 179 Å². The minimum atomic E-state index is -3.64. The van der Waals surface area contributed by atoms with Crippen molar-refractivity contribution in [1.82, 2.24) is 14.6 Å². The first-order chi connectivity index (χ1) is 14.7. The van der Waals surface area contributed by atoms with Gasteiger partial charge in [0.2, 0.25) is 15.9 Å². The molecule has 1 aliphatic rings. The van der Waals surface area contributed by atoms with Crippen LogP contribution in [0.2, 0.25) is 0 Å². The zero-order chi connectivity index (χ0) is 22.6. The van der Waals surface area contributed by atoms with Crippen molar-refractivity contribution in [3.05, 3.63) is 53.9 Å². The van der Waals surface area contributed by atoms with Crippen molar-refractivity contribution in [2.45, 2.75) is 30.2 Å². The Bertz CT molecular complexity index is 1120. The third kappa shape index (κ3) is 5.06. The Kier molecular flexibility index (Phi) is 6.66. The molecule has 164 valence electrons. The van der Waals surface area contributed by atoms with Crippen LogP contribution in [0.4, 0.5) is 5.69 Å². The number of piperidine rings is 1. The molecule has 11 heteroatoms. The molecule has 1 aliphatic heterocycles. The number of likely N-dealkylation sites (tertiary alicyclic amines) is 1. The number of carbonyl (C=O) groups excluding carboxylic acids is 3. The van der Waals surface area contributed by atoms with E-state index in [9.17, 15) is 22.8 Å². The van der Waals surface area contributed by atoms with Gasteiger partial charge in [0, 0.05) is 12.7 Å². The van der Waals surface area contributed by atoms with Crippen LogP contribution in [-0.4, -0.2) is 49.6 Å². The average Bonchev–Trinajstić information content (AvgIpc) is 2.78.